The van der Waals surface area contributed by atoms with Crippen molar-refractivity contribution in [1.29, 1.82) is 0 Å². The molecule has 0 spiro atoms. The molecule has 1 aliphatic rings. The van der Waals surface area contributed by atoms with E-state index in [1.54, 1.807) is 7.11 Å². The number of aryl methyl sites for hydroxylation is 1. The fourth-order valence-corrected chi connectivity index (χ4v) is 3.77. The molecule has 1 atom stereocenters. The molecule has 31 heavy (non-hydrogen) atoms. The van der Waals surface area contributed by atoms with Gasteiger partial charge in [-0.2, -0.15) is 0 Å². The van der Waals surface area contributed by atoms with E-state index in [0.717, 1.165) is 17.4 Å². The fourth-order valence-electron chi connectivity index (χ4n) is 3.55. The van der Waals surface area contributed by atoms with Gasteiger partial charge in [0.15, 0.2) is 0 Å². The van der Waals surface area contributed by atoms with Crippen LogP contribution < -0.4 is 10.1 Å². The Morgan fingerprint density at radius 3 is 2.42 bits per heavy atom. The summed E-state index contributed by atoms with van der Waals surface area (Å²) in [7, 11) is 1.63. The van der Waals surface area contributed by atoms with Crippen molar-refractivity contribution in [2.45, 2.75) is 25.8 Å². The molecule has 2 aromatic carbocycles. The van der Waals surface area contributed by atoms with Gasteiger partial charge in [0.2, 0.25) is 11.8 Å². The largest absolute Gasteiger partial charge is 0.497 e. The van der Waals surface area contributed by atoms with Crippen LogP contribution in [0.1, 0.15) is 18.9 Å². The molecular weight excluding hydrogens is 421 g/mol. The highest BCUT2D eigenvalue weighted by Crippen LogP contribution is 2.23. The molecule has 1 fully saturated rings. The minimum Gasteiger partial charge on any atom is -0.497 e. The number of carbonyl (C=O) groups excluding carboxylic acids is 2. The summed E-state index contributed by atoms with van der Waals surface area (Å²) in [6.07, 6.45) is 1.13. The molecule has 0 aromatic heterocycles. The molecule has 3 rings (SSSR count). The molecule has 0 radical (unpaired) electrons. The summed E-state index contributed by atoms with van der Waals surface area (Å²) in [5.41, 5.74) is 1.48. The maximum absolute atomic E-state index is 13.2. The van der Waals surface area contributed by atoms with Crippen LogP contribution in [0.4, 0.5) is 10.1 Å². The normalized spacial score (nSPS) is 15.4. The van der Waals surface area contributed by atoms with Crippen molar-refractivity contribution in [1.82, 2.24) is 9.80 Å². The van der Waals surface area contributed by atoms with Gasteiger partial charge in [0, 0.05) is 32.6 Å². The number of benzene rings is 2. The molecule has 6 nitrogen and oxygen atoms in total. The van der Waals surface area contributed by atoms with E-state index in [9.17, 15) is 14.0 Å². The Labute approximate surface area is 186 Å². The summed E-state index contributed by atoms with van der Waals surface area (Å²) < 4.78 is 18.3. The van der Waals surface area contributed by atoms with Crippen LogP contribution in [0.15, 0.2) is 42.5 Å². The SMILES string of the molecule is COc1ccc(CCC(=O)N2CCN(C(C)C(=O)Nc3ccc(F)cc3Cl)CC2)cc1. The van der Waals surface area contributed by atoms with Crippen LogP contribution in [0.3, 0.4) is 0 Å². The maximum Gasteiger partial charge on any atom is 0.241 e. The number of halogens is 2. The zero-order chi connectivity index (χ0) is 22.4. The van der Waals surface area contributed by atoms with E-state index in [1.165, 1.54) is 12.1 Å². The van der Waals surface area contributed by atoms with Crippen molar-refractivity contribution < 1.29 is 18.7 Å². The predicted molar refractivity (Wildman–Crippen MR) is 119 cm³/mol. The Kier molecular flexibility index (Phi) is 7.87. The van der Waals surface area contributed by atoms with Crippen LogP contribution in [0.5, 0.6) is 5.75 Å². The third-order valence-electron chi connectivity index (χ3n) is 5.57. The summed E-state index contributed by atoms with van der Waals surface area (Å²) in [5, 5.41) is 2.91. The lowest BCUT2D eigenvalue weighted by Crippen LogP contribution is -2.54. The molecule has 0 saturated carbocycles. The Morgan fingerprint density at radius 2 is 1.81 bits per heavy atom. The summed E-state index contributed by atoms with van der Waals surface area (Å²) in [5.74, 6) is 0.244. The smallest absolute Gasteiger partial charge is 0.241 e. The van der Waals surface area contributed by atoms with Gasteiger partial charge in [-0.25, -0.2) is 4.39 Å². The van der Waals surface area contributed by atoms with Gasteiger partial charge in [0.25, 0.3) is 0 Å². The Balaban J connectivity index is 1.45. The minimum atomic E-state index is -0.455. The standard InChI is InChI=1S/C23H27ClFN3O3/c1-16(23(30)26-21-9-6-18(25)15-20(21)24)27-11-13-28(14-12-27)22(29)10-5-17-3-7-19(31-2)8-4-17/h3-4,6-9,15-16H,5,10-14H2,1-2H3,(H,26,30). The predicted octanol–water partition coefficient (Wildman–Crippen LogP) is 3.59. The van der Waals surface area contributed by atoms with Crippen LogP contribution in [0.25, 0.3) is 0 Å². The Hall–Kier alpha value is -2.64. The number of amides is 2. The number of anilines is 1. The molecule has 1 N–H and O–H groups in total. The summed E-state index contributed by atoms with van der Waals surface area (Å²) >= 11 is 5.99. The highest BCUT2D eigenvalue weighted by atomic mass is 35.5. The number of methoxy groups -OCH3 is 1. The monoisotopic (exact) mass is 447 g/mol. The zero-order valence-corrected chi connectivity index (χ0v) is 18.5. The van der Waals surface area contributed by atoms with E-state index < -0.39 is 11.9 Å². The molecule has 166 valence electrons. The van der Waals surface area contributed by atoms with E-state index in [1.807, 2.05) is 41.0 Å². The number of hydrogen-bond donors (Lipinski definition) is 1. The number of nitrogens with zero attached hydrogens (tertiary/aromatic N) is 2. The van der Waals surface area contributed by atoms with Crippen molar-refractivity contribution in [3.05, 3.63) is 58.9 Å². The molecular formula is C23H27ClFN3O3. The van der Waals surface area contributed by atoms with Crippen LogP contribution in [0, 0.1) is 5.82 Å². The summed E-state index contributed by atoms with van der Waals surface area (Å²) in [4.78, 5) is 29.0. The first-order valence-corrected chi connectivity index (χ1v) is 10.7. The summed E-state index contributed by atoms with van der Waals surface area (Å²) in [6.45, 7) is 4.20. The molecule has 1 saturated heterocycles. The van der Waals surface area contributed by atoms with Crippen LogP contribution in [-0.4, -0.2) is 60.9 Å². The molecule has 1 unspecified atom stereocenters. The fraction of sp³-hybridized carbons (Fsp3) is 0.391. The van der Waals surface area contributed by atoms with Gasteiger partial charge < -0.3 is 15.0 Å². The first-order chi connectivity index (χ1) is 14.9. The average molecular weight is 448 g/mol. The van der Waals surface area contributed by atoms with Gasteiger partial charge in [-0.3, -0.25) is 14.5 Å². The highest BCUT2D eigenvalue weighted by Gasteiger charge is 2.27. The van der Waals surface area contributed by atoms with E-state index >= 15 is 0 Å². The van der Waals surface area contributed by atoms with E-state index in [-0.39, 0.29) is 16.8 Å². The molecule has 8 heteroatoms. The zero-order valence-electron chi connectivity index (χ0n) is 17.7. The van der Waals surface area contributed by atoms with Crippen molar-refractivity contribution in [2.24, 2.45) is 0 Å². The van der Waals surface area contributed by atoms with Crippen molar-refractivity contribution >= 4 is 29.1 Å². The van der Waals surface area contributed by atoms with Gasteiger partial charge in [-0.15, -0.1) is 0 Å². The molecule has 0 bridgehead atoms. The number of rotatable bonds is 7. The number of nitrogens with one attached hydrogen (secondary N) is 1. The van der Waals surface area contributed by atoms with Crippen LogP contribution >= 0.6 is 11.6 Å². The number of hydrogen-bond acceptors (Lipinski definition) is 4. The number of piperazine rings is 1. The lowest BCUT2D eigenvalue weighted by atomic mass is 10.1. The van der Waals surface area contributed by atoms with Gasteiger partial charge >= 0.3 is 0 Å². The molecule has 2 aromatic rings. The summed E-state index contributed by atoms with van der Waals surface area (Å²) in [6, 6.07) is 11.2. The topological polar surface area (TPSA) is 61.9 Å². The Morgan fingerprint density at radius 1 is 1.13 bits per heavy atom. The minimum absolute atomic E-state index is 0.116. The van der Waals surface area contributed by atoms with E-state index in [2.05, 4.69) is 5.32 Å². The first-order valence-electron chi connectivity index (χ1n) is 10.3. The van der Waals surface area contributed by atoms with Gasteiger partial charge in [0.05, 0.1) is 23.9 Å². The van der Waals surface area contributed by atoms with Crippen molar-refractivity contribution in [3.63, 3.8) is 0 Å². The quantitative estimate of drug-likeness (QED) is 0.704. The van der Waals surface area contributed by atoms with Crippen molar-refractivity contribution in [2.75, 3.05) is 38.6 Å². The lowest BCUT2D eigenvalue weighted by Gasteiger charge is -2.37. The molecule has 1 aliphatic heterocycles. The molecule has 2 amide bonds. The third kappa shape index (κ3) is 6.18. The average Bonchev–Trinajstić information content (AvgIpc) is 2.79. The second-order valence-corrected chi connectivity index (χ2v) is 7.96. The van der Waals surface area contributed by atoms with Gasteiger partial charge in [-0.1, -0.05) is 23.7 Å². The number of ether oxygens (including phenoxy) is 1. The van der Waals surface area contributed by atoms with Crippen LogP contribution in [0.2, 0.25) is 5.02 Å². The molecule has 0 aliphatic carbocycles. The lowest BCUT2D eigenvalue weighted by molar-refractivity contribution is -0.133. The third-order valence-corrected chi connectivity index (χ3v) is 5.88. The van der Waals surface area contributed by atoms with E-state index in [0.29, 0.717) is 44.7 Å². The second-order valence-electron chi connectivity index (χ2n) is 7.55. The van der Waals surface area contributed by atoms with Crippen molar-refractivity contribution in [3.8, 4) is 5.75 Å². The highest BCUT2D eigenvalue weighted by molar-refractivity contribution is 6.33. The molecule has 1 heterocycles. The maximum atomic E-state index is 13.2. The van der Waals surface area contributed by atoms with Crippen LogP contribution in [-0.2, 0) is 16.0 Å². The van der Waals surface area contributed by atoms with Gasteiger partial charge in [0.1, 0.15) is 11.6 Å². The Bertz CT molecular complexity index is 915. The number of carbonyl (C=O) groups is 2. The van der Waals surface area contributed by atoms with Gasteiger partial charge in [-0.05, 0) is 49.2 Å². The second kappa shape index (κ2) is 10.6. The first kappa shape index (κ1) is 23.0. The van der Waals surface area contributed by atoms with E-state index in [4.69, 9.17) is 16.3 Å².